The number of thiophene rings is 1. The maximum Gasteiger partial charge on any atom is 0.252 e. The van der Waals surface area contributed by atoms with E-state index in [0.717, 1.165) is 36.9 Å². The van der Waals surface area contributed by atoms with Gasteiger partial charge in [-0.05, 0) is 31.9 Å². The zero-order valence-electron chi connectivity index (χ0n) is 15.9. The summed E-state index contributed by atoms with van der Waals surface area (Å²) in [5.41, 5.74) is 0. The lowest BCUT2D eigenvalue weighted by molar-refractivity contribution is 0.447. The summed E-state index contributed by atoms with van der Waals surface area (Å²) in [6.45, 7) is 10.5. The molecule has 0 bridgehead atoms. The third-order valence-corrected chi connectivity index (χ3v) is 7.96. The Kier molecular flexibility index (Phi) is 10.4. The van der Waals surface area contributed by atoms with Crippen LogP contribution in [0.2, 0.25) is 0 Å². The highest BCUT2D eigenvalue weighted by molar-refractivity contribution is 14.0. The molecule has 0 saturated carbocycles. The van der Waals surface area contributed by atoms with Crippen LogP contribution >= 0.6 is 35.3 Å². The van der Waals surface area contributed by atoms with Crippen molar-refractivity contribution in [3.63, 3.8) is 0 Å². The molecule has 0 atom stereocenters. The van der Waals surface area contributed by atoms with Gasteiger partial charge in [-0.1, -0.05) is 13.8 Å². The van der Waals surface area contributed by atoms with Gasteiger partial charge in [0, 0.05) is 50.6 Å². The SMILES string of the molecule is CCNC(=NCCc1ccc(S(=O)(=O)N(CC)CC)s1)N1CCCC1.I. The lowest BCUT2D eigenvalue weighted by atomic mass is 10.3. The maximum atomic E-state index is 12.5. The predicted octanol–water partition coefficient (Wildman–Crippen LogP) is 3.00. The molecule has 1 aliphatic heterocycles. The molecule has 0 aromatic carbocycles. The Morgan fingerprint density at radius 1 is 1.23 bits per heavy atom. The van der Waals surface area contributed by atoms with Crippen LogP contribution in [-0.4, -0.2) is 62.9 Å². The van der Waals surface area contributed by atoms with Crippen LogP contribution in [0.25, 0.3) is 0 Å². The molecule has 26 heavy (non-hydrogen) atoms. The molecule has 0 radical (unpaired) electrons. The van der Waals surface area contributed by atoms with Crippen LogP contribution in [0.4, 0.5) is 0 Å². The topological polar surface area (TPSA) is 65.0 Å². The number of guanidine groups is 1. The largest absolute Gasteiger partial charge is 0.357 e. The van der Waals surface area contributed by atoms with Gasteiger partial charge in [0.15, 0.2) is 5.96 Å². The summed E-state index contributed by atoms with van der Waals surface area (Å²) in [4.78, 5) is 8.07. The first kappa shape index (κ1) is 23.6. The smallest absolute Gasteiger partial charge is 0.252 e. The summed E-state index contributed by atoms with van der Waals surface area (Å²) in [6.07, 6.45) is 3.21. The van der Waals surface area contributed by atoms with E-state index in [-0.39, 0.29) is 24.0 Å². The van der Waals surface area contributed by atoms with Gasteiger partial charge < -0.3 is 10.2 Å². The molecule has 1 aromatic heterocycles. The van der Waals surface area contributed by atoms with Gasteiger partial charge in [-0.2, -0.15) is 4.31 Å². The number of nitrogens with zero attached hydrogens (tertiary/aromatic N) is 3. The van der Waals surface area contributed by atoms with Crippen LogP contribution in [0.1, 0.15) is 38.5 Å². The molecule has 0 amide bonds. The molecule has 2 rings (SSSR count). The minimum Gasteiger partial charge on any atom is -0.357 e. The van der Waals surface area contributed by atoms with Crippen molar-refractivity contribution in [3.05, 3.63) is 17.0 Å². The first-order valence-corrected chi connectivity index (χ1v) is 11.4. The molecule has 1 aliphatic rings. The summed E-state index contributed by atoms with van der Waals surface area (Å²) in [5.74, 6) is 0.979. The Morgan fingerprint density at radius 2 is 1.88 bits per heavy atom. The Bertz CT molecular complexity index is 666. The van der Waals surface area contributed by atoms with E-state index in [1.807, 2.05) is 19.9 Å². The van der Waals surface area contributed by atoms with Crippen LogP contribution in [0.3, 0.4) is 0 Å². The number of sulfonamides is 1. The van der Waals surface area contributed by atoms with Gasteiger partial charge >= 0.3 is 0 Å². The van der Waals surface area contributed by atoms with Gasteiger partial charge in [0.1, 0.15) is 4.21 Å². The fourth-order valence-electron chi connectivity index (χ4n) is 2.95. The average Bonchev–Trinajstić information content (AvgIpc) is 3.27. The van der Waals surface area contributed by atoms with E-state index in [4.69, 9.17) is 4.99 Å². The van der Waals surface area contributed by atoms with Crippen LogP contribution in [0, 0.1) is 0 Å². The number of halogens is 1. The highest BCUT2D eigenvalue weighted by Gasteiger charge is 2.23. The number of aliphatic imine (C=N–C) groups is 1. The number of rotatable bonds is 8. The van der Waals surface area contributed by atoms with Crippen LogP contribution in [-0.2, 0) is 16.4 Å². The van der Waals surface area contributed by atoms with E-state index in [0.29, 0.717) is 23.8 Å². The van der Waals surface area contributed by atoms with Crippen molar-refractivity contribution in [2.75, 3.05) is 39.3 Å². The third kappa shape index (κ3) is 6.07. The van der Waals surface area contributed by atoms with E-state index < -0.39 is 10.0 Å². The Balaban J connectivity index is 0.00000338. The standard InChI is InChI=1S/C17H30N4O2S2.HI/c1-4-18-17(20-13-7-8-14-20)19-12-11-15-9-10-16(24-15)25(22,23)21(5-2)6-3;/h9-10H,4-8,11-14H2,1-3H3,(H,18,19);1H. The molecule has 150 valence electrons. The predicted molar refractivity (Wildman–Crippen MR) is 120 cm³/mol. The molecule has 0 aliphatic carbocycles. The maximum absolute atomic E-state index is 12.5. The number of hydrogen-bond donors (Lipinski definition) is 1. The van der Waals surface area contributed by atoms with Crippen molar-refractivity contribution >= 4 is 51.3 Å². The van der Waals surface area contributed by atoms with Crippen molar-refractivity contribution in [1.29, 1.82) is 0 Å². The van der Waals surface area contributed by atoms with Crippen LogP contribution in [0.5, 0.6) is 0 Å². The van der Waals surface area contributed by atoms with E-state index in [9.17, 15) is 8.42 Å². The summed E-state index contributed by atoms with van der Waals surface area (Å²) >= 11 is 1.36. The molecule has 0 spiro atoms. The summed E-state index contributed by atoms with van der Waals surface area (Å²) < 4.78 is 27.0. The number of hydrogen-bond acceptors (Lipinski definition) is 4. The molecule has 2 heterocycles. The fraction of sp³-hybridized carbons (Fsp3) is 0.706. The van der Waals surface area contributed by atoms with Crippen molar-refractivity contribution in [1.82, 2.24) is 14.5 Å². The van der Waals surface area contributed by atoms with Crippen LogP contribution in [0.15, 0.2) is 21.3 Å². The Labute approximate surface area is 179 Å². The van der Waals surface area contributed by atoms with E-state index in [2.05, 4.69) is 17.1 Å². The summed E-state index contributed by atoms with van der Waals surface area (Å²) in [5, 5.41) is 3.35. The van der Waals surface area contributed by atoms with Crippen molar-refractivity contribution in [3.8, 4) is 0 Å². The molecule has 0 unspecified atom stereocenters. The second kappa shape index (κ2) is 11.5. The van der Waals surface area contributed by atoms with Gasteiger partial charge in [-0.25, -0.2) is 8.42 Å². The minimum absolute atomic E-state index is 0. The molecule has 6 nitrogen and oxygen atoms in total. The van der Waals surface area contributed by atoms with E-state index >= 15 is 0 Å². The summed E-state index contributed by atoms with van der Waals surface area (Å²) in [6, 6.07) is 3.64. The molecule has 1 saturated heterocycles. The second-order valence-electron chi connectivity index (χ2n) is 5.99. The third-order valence-electron chi connectivity index (χ3n) is 4.30. The second-order valence-corrected chi connectivity index (χ2v) is 9.32. The first-order valence-electron chi connectivity index (χ1n) is 9.15. The molecule has 1 fully saturated rings. The van der Waals surface area contributed by atoms with Gasteiger partial charge in [-0.3, -0.25) is 4.99 Å². The Hall–Kier alpha value is -0.390. The average molecular weight is 514 g/mol. The molecular formula is C17H31IN4O2S2. The number of likely N-dealkylation sites (tertiary alicyclic amines) is 1. The minimum atomic E-state index is -3.35. The van der Waals surface area contributed by atoms with Gasteiger partial charge in [0.2, 0.25) is 0 Å². The highest BCUT2D eigenvalue weighted by Crippen LogP contribution is 2.25. The van der Waals surface area contributed by atoms with Crippen molar-refractivity contribution in [2.24, 2.45) is 4.99 Å². The Morgan fingerprint density at radius 3 is 2.46 bits per heavy atom. The zero-order valence-corrected chi connectivity index (χ0v) is 19.9. The highest BCUT2D eigenvalue weighted by atomic mass is 127. The van der Waals surface area contributed by atoms with Gasteiger partial charge in [0.25, 0.3) is 10.0 Å². The molecule has 1 N–H and O–H groups in total. The quantitative estimate of drug-likeness (QED) is 0.329. The monoisotopic (exact) mass is 514 g/mol. The van der Waals surface area contributed by atoms with Crippen molar-refractivity contribution in [2.45, 2.75) is 44.2 Å². The first-order chi connectivity index (χ1) is 12.0. The lowest BCUT2D eigenvalue weighted by Gasteiger charge is -2.20. The van der Waals surface area contributed by atoms with Gasteiger partial charge in [-0.15, -0.1) is 35.3 Å². The normalized spacial score (nSPS) is 15.4. The van der Waals surface area contributed by atoms with E-state index in [1.54, 1.807) is 6.07 Å². The number of nitrogens with one attached hydrogen (secondary N) is 1. The fourth-order valence-corrected chi connectivity index (χ4v) is 5.91. The van der Waals surface area contributed by atoms with E-state index in [1.165, 1.54) is 28.5 Å². The lowest BCUT2D eigenvalue weighted by Crippen LogP contribution is -2.39. The molecule has 9 heteroatoms. The van der Waals surface area contributed by atoms with Crippen LogP contribution < -0.4 is 5.32 Å². The van der Waals surface area contributed by atoms with Crippen molar-refractivity contribution < 1.29 is 8.42 Å². The zero-order chi connectivity index (χ0) is 18.3. The summed E-state index contributed by atoms with van der Waals surface area (Å²) in [7, 11) is -3.35. The molecule has 1 aromatic rings. The molecular weight excluding hydrogens is 483 g/mol. The van der Waals surface area contributed by atoms with Gasteiger partial charge in [0.05, 0.1) is 0 Å².